The van der Waals surface area contributed by atoms with E-state index in [-0.39, 0.29) is 23.8 Å². The highest BCUT2D eigenvalue weighted by Gasteiger charge is 2.39. The van der Waals surface area contributed by atoms with Crippen molar-refractivity contribution in [2.24, 2.45) is 11.7 Å². The zero-order valence-corrected chi connectivity index (χ0v) is 16.3. The van der Waals surface area contributed by atoms with Crippen molar-refractivity contribution in [3.8, 4) is 11.5 Å². The molecule has 0 spiro atoms. The van der Waals surface area contributed by atoms with E-state index >= 15 is 0 Å². The van der Waals surface area contributed by atoms with Gasteiger partial charge in [-0.15, -0.1) is 0 Å². The highest BCUT2D eigenvalue weighted by atomic mass is 16.5. The lowest BCUT2D eigenvalue weighted by atomic mass is 9.85. The molecule has 2 amide bonds. The van der Waals surface area contributed by atoms with E-state index in [1.807, 2.05) is 12.1 Å². The normalized spacial score (nSPS) is 25.4. The Bertz CT molecular complexity index is 686. The minimum absolute atomic E-state index is 0.0357. The van der Waals surface area contributed by atoms with Crippen molar-refractivity contribution in [3.05, 3.63) is 18.2 Å². The smallest absolute Gasteiger partial charge is 0.249 e. The van der Waals surface area contributed by atoms with Crippen LogP contribution in [0.15, 0.2) is 18.2 Å². The molecule has 0 bridgehead atoms. The van der Waals surface area contributed by atoms with Crippen LogP contribution in [0.4, 0.5) is 5.69 Å². The van der Waals surface area contributed by atoms with Gasteiger partial charge >= 0.3 is 0 Å². The summed E-state index contributed by atoms with van der Waals surface area (Å²) >= 11 is 0. The summed E-state index contributed by atoms with van der Waals surface area (Å²) in [6, 6.07) is 5.04. The Hall–Kier alpha value is -2.28. The second-order valence-corrected chi connectivity index (χ2v) is 7.44. The van der Waals surface area contributed by atoms with Crippen molar-refractivity contribution in [3.63, 3.8) is 0 Å². The first-order valence-corrected chi connectivity index (χ1v) is 9.51. The summed E-state index contributed by atoms with van der Waals surface area (Å²) in [5, 5.41) is 0. The van der Waals surface area contributed by atoms with Crippen LogP contribution in [0.3, 0.4) is 0 Å². The van der Waals surface area contributed by atoms with Crippen LogP contribution in [0.5, 0.6) is 11.5 Å². The highest BCUT2D eigenvalue weighted by molar-refractivity contribution is 6.01. The summed E-state index contributed by atoms with van der Waals surface area (Å²) in [4.78, 5) is 29.2. The third-order valence-electron chi connectivity index (χ3n) is 5.70. The third kappa shape index (κ3) is 4.03. The lowest BCUT2D eigenvalue weighted by Crippen LogP contribution is -2.47. The fraction of sp³-hybridized carbons (Fsp3) is 0.600. The van der Waals surface area contributed by atoms with E-state index < -0.39 is 6.04 Å². The van der Waals surface area contributed by atoms with Crippen LogP contribution in [-0.2, 0) is 9.59 Å². The van der Waals surface area contributed by atoms with Gasteiger partial charge in [-0.1, -0.05) is 6.42 Å². The van der Waals surface area contributed by atoms with Gasteiger partial charge in [-0.25, -0.2) is 0 Å². The summed E-state index contributed by atoms with van der Waals surface area (Å²) in [5.41, 5.74) is 6.75. The second kappa shape index (κ2) is 8.17. The summed E-state index contributed by atoms with van der Waals surface area (Å²) in [6.07, 6.45) is 4.12. The number of benzene rings is 1. The number of likely N-dealkylation sites (N-methyl/N-ethyl adjacent to an activating group) is 1. The predicted molar refractivity (Wildman–Crippen MR) is 103 cm³/mol. The molecule has 27 heavy (non-hydrogen) atoms. The molecule has 148 valence electrons. The van der Waals surface area contributed by atoms with E-state index in [1.54, 1.807) is 37.1 Å². The zero-order valence-electron chi connectivity index (χ0n) is 16.3. The fourth-order valence-corrected chi connectivity index (χ4v) is 4.12. The fourth-order valence-electron chi connectivity index (χ4n) is 4.12. The van der Waals surface area contributed by atoms with E-state index in [0.717, 1.165) is 24.9 Å². The maximum atomic E-state index is 13.0. The molecular formula is C20H29N3O4. The number of amides is 2. The number of nitrogens with zero attached hydrogens (tertiary/aromatic N) is 2. The van der Waals surface area contributed by atoms with Gasteiger partial charge in [0.1, 0.15) is 17.5 Å². The van der Waals surface area contributed by atoms with Gasteiger partial charge in [-0.2, -0.15) is 0 Å². The summed E-state index contributed by atoms with van der Waals surface area (Å²) in [6.45, 7) is 0.557. The number of ether oxygens (including phenoxy) is 2. The maximum Gasteiger partial charge on any atom is 0.249 e. The molecule has 1 aliphatic heterocycles. The van der Waals surface area contributed by atoms with Crippen molar-refractivity contribution >= 4 is 17.5 Å². The molecule has 3 unspecified atom stereocenters. The Balaban J connectivity index is 1.73. The maximum absolute atomic E-state index is 13.0. The number of methoxy groups -OCH3 is 2. The molecule has 1 aromatic carbocycles. The van der Waals surface area contributed by atoms with E-state index in [0.29, 0.717) is 30.9 Å². The molecule has 2 N–H and O–H groups in total. The molecular weight excluding hydrogens is 346 g/mol. The van der Waals surface area contributed by atoms with Gasteiger partial charge in [-0.3, -0.25) is 9.59 Å². The minimum atomic E-state index is -0.437. The van der Waals surface area contributed by atoms with Crippen LogP contribution in [0, 0.1) is 5.92 Å². The van der Waals surface area contributed by atoms with Gasteiger partial charge in [0.05, 0.1) is 19.9 Å². The van der Waals surface area contributed by atoms with Crippen LogP contribution in [0.25, 0.3) is 0 Å². The molecule has 1 saturated carbocycles. The Morgan fingerprint density at radius 3 is 2.41 bits per heavy atom. The number of hydrogen-bond acceptors (Lipinski definition) is 5. The average Bonchev–Trinajstić information content (AvgIpc) is 3.07. The number of rotatable bonds is 5. The molecule has 3 rings (SSSR count). The average molecular weight is 375 g/mol. The van der Waals surface area contributed by atoms with Crippen molar-refractivity contribution in [2.45, 2.75) is 44.2 Å². The quantitative estimate of drug-likeness (QED) is 0.848. The van der Waals surface area contributed by atoms with Crippen LogP contribution in [0.2, 0.25) is 0 Å². The molecule has 1 aliphatic carbocycles. The van der Waals surface area contributed by atoms with Crippen molar-refractivity contribution < 1.29 is 19.1 Å². The van der Waals surface area contributed by atoms with Crippen LogP contribution in [-0.4, -0.2) is 56.6 Å². The monoisotopic (exact) mass is 375 g/mol. The first-order valence-electron chi connectivity index (χ1n) is 9.51. The van der Waals surface area contributed by atoms with Gasteiger partial charge < -0.3 is 25.0 Å². The minimum Gasteiger partial charge on any atom is -0.497 e. The van der Waals surface area contributed by atoms with E-state index in [4.69, 9.17) is 15.2 Å². The lowest BCUT2D eigenvalue weighted by molar-refractivity contribution is -0.141. The highest BCUT2D eigenvalue weighted by Crippen LogP contribution is 2.33. The lowest BCUT2D eigenvalue weighted by Gasteiger charge is -2.31. The second-order valence-electron chi connectivity index (χ2n) is 7.44. The molecule has 1 saturated heterocycles. The van der Waals surface area contributed by atoms with Gasteiger partial charge in [0.2, 0.25) is 11.8 Å². The van der Waals surface area contributed by atoms with Crippen molar-refractivity contribution in [1.29, 1.82) is 0 Å². The van der Waals surface area contributed by atoms with E-state index in [2.05, 4.69) is 0 Å². The molecule has 0 aromatic heterocycles. The largest absolute Gasteiger partial charge is 0.497 e. The standard InChI is InChI=1S/C20H29N3O4/c1-22(19(24)13-5-4-6-14(21)9-13)18-7-8-23(20(18)25)15-10-16(26-2)12-17(11-15)27-3/h10-14,18H,4-9,21H2,1-3H3. The van der Waals surface area contributed by atoms with Gasteiger partial charge in [-0.05, 0) is 25.7 Å². The SMILES string of the molecule is COc1cc(OC)cc(N2CCC(N(C)C(=O)C3CCCC(N)C3)C2=O)c1. The first kappa shape index (κ1) is 19.5. The molecule has 7 nitrogen and oxygen atoms in total. The van der Waals surface area contributed by atoms with Crippen molar-refractivity contribution in [2.75, 3.05) is 32.7 Å². The molecule has 1 heterocycles. The zero-order chi connectivity index (χ0) is 19.6. The summed E-state index contributed by atoms with van der Waals surface area (Å²) < 4.78 is 10.6. The molecule has 7 heteroatoms. The summed E-state index contributed by atoms with van der Waals surface area (Å²) in [7, 11) is 4.89. The third-order valence-corrected chi connectivity index (χ3v) is 5.70. The molecule has 1 aromatic rings. The van der Waals surface area contributed by atoms with Crippen LogP contribution < -0.4 is 20.1 Å². The molecule has 3 atom stereocenters. The first-order chi connectivity index (χ1) is 12.9. The van der Waals surface area contributed by atoms with Gasteiger partial charge in [0.25, 0.3) is 0 Å². The Morgan fingerprint density at radius 2 is 1.81 bits per heavy atom. The number of hydrogen-bond donors (Lipinski definition) is 1. The number of nitrogens with two attached hydrogens (primary N) is 1. The molecule has 2 fully saturated rings. The Kier molecular flexibility index (Phi) is 5.89. The van der Waals surface area contributed by atoms with Gasteiger partial charge in [0, 0.05) is 43.8 Å². The number of carbonyl (C=O) groups is 2. The van der Waals surface area contributed by atoms with Crippen LogP contribution in [0.1, 0.15) is 32.1 Å². The number of anilines is 1. The Morgan fingerprint density at radius 1 is 1.15 bits per heavy atom. The Labute approximate surface area is 160 Å². The van der Waals surface area contributed by atoms with Crippen LogP contribution >= 0.6 is 0 Å². The number of carbonyl (C=O) groups excluding carboxylic acids is 2. The van der Waals surface area contributed by atoms with Gasteiger partial charge in [0.15, 0.2) is 0 Å². The van der Waals surface area contributed by atoms with E-state index in [9.17, 15) is 9.59 Å². The topological polar surface area (TPSA) is 85.1 Å². The summed E-state index contributed by atoms with van der Waals surface area (Å²) in [5.74, 6) is 1.15. The predicted octanol–water partition coefficient (Wildman–Crippen LogP) is 1.79. The molecule has 0 radical (unpaired) electrons. The molecule has 2 aliphatic rings. The van der Waals surface area contributed by atoms with E-state index in [1.165, 1.54) is 0 Å². The van der Waals surface area contributed by atoms with Crippen molar-refractivity contribution in [1.82, 2.24) is 4.90 Å².